The fourth-order valence-electron chi connectivity index (χ4n) is 2.81. The highest BCUT2D eigenvalue weighted by Gasteiger charge is 2.27. The van der Waals surface area contributed by atoms with E-state index in [0.717, 1.165) is 30.1 Å². The molecule has 1 unspecified atom stereocenters. The van der Waals surface area contributed by atoms with Crippen LogP contribution in [-0.2, 0) is 11.2 Å². The largest absolute Gasteiger partial charge is 0.497 e. The average molecular weight is 301 g/mol. The Morgan fingerprint density at radius 1 is 1.33 bits per heavy atom. The molecule has 1 amide bonds. The van der Waals surface area contributed by atoms with Crippen LogP contribution >= 0.6 is 11.3 Å². The van der Waals surface area contributed by atoms with Crippen molar-refractivity contribution in [3.63, 3.8) is 0 Å². The molecule has 1 aromatic heterocycles. The summed E-state index contributed by atoms with van der Waals surface area (Å²) in [6, 6.07) is 12.2. The molecule has 0 N–H and O–H groups in total. The van der Waals surface area contributed by atoms with Crippen LogP contribution in [-0.4, -0.2) is 31.0 Å². The van der Waals surface area contributed by atoms with E-state index in [4.69, 9.17) is 4.74 Å². The van der Waals surface area contributed by atoms with Gasteiger partial charge in [-0.05, 0) is 35.6 Å². The average Bonchev–Trinajstić information content (AvgIpc) is 3.18. The molecular formula is C17H19NO2S. The van der Waals surface area contributed by atoms with Crippen molar-refractivity contribution >= 4 is 17.2 Å². The Morgan fingerprint density at radius 2 is 2.14 bits per heavy atom. The molecule has 0 aliphatic carbocycles. The maximum atomic E-state index is 12.3. The first-order chi connectivity index (χ1) is 10.3. The SMILES string of the molecule is COc1ccc(C2CCN(C(=O)Cc3cccs3)C2)cc1. The van der Waals surface area contributed by atoms with Crippen LogP contribution in [0.2, 0.25) is 0 Å². The minimum Gasteiger partial charge on any atom is -0.497 e. The van der Waals surface area contributed by atoms with Gasteiger partial charge in [0.25, 0.3) is 0 Å². The summed E-state index contributed by atoms with van der Waals surface area (Å²) >= 11 is 1.65. The molecular weight excluding hydrogens is 282 g/mol. The van der Waals surface area contributed by atoms with Crippen LogP contribution in [0.5, 0.6) is 5.75 Å². The van der Waals surface area contributed by atoms with Crippen molar-refractivity contribution in [2.75, 3.05) is 20.2 Å². The molecule has 0 bridgehead atoms. The molecule has 1 aromatic carbocycles. The summed E-state index contributed by atoms with van der Waals surface area (Å²) in [5, 5.41) is 2.02. The van der Waals surface area contributed by atoms with Crippen LogP contribution in [0.1, 0.15) is 22.8 Å². The van der Waals surface area contributed by atoms with Gasteiger partial charge in [-0.25, -0.2) is 0 Å². The zero-order valence-corrected chi connectivity index (χ0v) is 12.9. The van der Waals surface area contributed by atoms with Crippen LogP contribution in [0.4, 0.5) is 0 Å². The van der Waals surface area contributed by atoms with E-state index in [0.29, 0.717) is 12.3 Å². The predicted molar refractivity (Wildman–Crippen MR) is 85.0 cm³/mol. The third-order valence-electron chi connectivity index (χ3n) is 4.03. The van der Waals surface area contributed by atoms with E-state index in [-0.39, 0.29) is 5.91 Å². The lowest BCUT2D eigenvalue weighted by Crippen LogP contribution is -2.29. The number of hydrogen-bond donors (Lipinski definition) is 0. The Kier molecular flexibility index (Phi) is 4.25. The van der Waals surface area contributed by atoms with Gasteiger partial charge in [0.1, 0.15) is 5.75 Å². The van der Waals surface area contributed by atoms with Gasteiger partial charge in [-0.1, -0.05) is 18.2 Å². The van der Waals surface area contributed by atoms with Crippen LogP contribution in [0, 0.1) is 0 Å². The predicted octanol–water partition coefficient (Wildman–Crippen LogP) is 3.32. The highest BCUT2D eigenvalue weighted by molar-refractivity contribution is 7.10. The summed E-state index contributed by atoms with van der Waals surface area (Å²) in [6.45, 7) is 1.69. The number of thiophene rings is 1. The maximum absolute atomic E-state index is 12.3. The Labute approximate surface area is 129 Å². The van der Waals surface area contributed by atoms with E-state index in [1.54, 1.807) is 18.4 Å². The van der Waals surface area contributed by atoms with Crippen molar-refractivity contribution in [3.05, 3.63) is 52.2 Å². The molecule has 0 spiro atoms. The summed E-state index contributed by atoms with van der Waals surface area (Å²) < 4.78 is 5.19. The van der Waals surface area contributed by atoms with Gasteiger partial charge < -0.3 is 9.64 Å². The van der Waals surface area contributed by atoms with Crippen molar-refractivity contribution in [2.45, 2.75) is 18.8 Å². The maximum Gasteiger partial charge on any atom is 0.227 e. The number of amides is 1. The van der Waals surface area contributed by atoms with Crippen LogP contribution in [0.3, 0.4) is 0 Å². The zero-order chi connectivity index (χ0) is 14.7. The molecule has 110 valence electrons. The summed E-state index contributed by atoms with van der Waals surface area (Å²) in [5.74, 6) is 1.57. The van der Waals surface area contributed by atoms with Gasteiger partial charge in [0, 0.05) is 23.9 Å². The molecule has 1 fully saturated rings. The summed E-state index contributed by atoms with van der Waals surface area (Å²) in [4.78, 5) is 15.4. The monoisotopic (exact) mass is 301 g/mol. The number of rotatable bonds is 4. The van der Waals surface area contributed by atoms with Crippen molar-refractivity contribution in [1.29, 1.82) is 0 Å². The first-order valence-corrected chi connectivity index (χ1v) is 8.08. The van der Waals surface area contributed by atoms with Gasteiger partial charge in [0.2, 0.25) is 5.91 Å². The van der Waals surface area contributed by atoms with Gasteiger partial charge in [-0.2, -0.15) is 0 Å². The van der Waals surface area contributed by atoms with Crippen LogP contribution in [0.15, 0.2) is 41.8 Å². The molecule has 3 nitrogen and oxygen atoms in total. The van der Waals surface area contributed by atoms with E-state index < -0.39 is 0 Å². The number of benzene rings is 1. The Bertz CT molecular complexity index is 592. The van der Waals surface area contributed by atoms with Crippen molar-refractivity contribution in [1.82, 2.24) is 4.90 Å². The highest BCUT2D eigenvalue weighted by atomic mass is 32.1. The van der Waals surface area contributed by atoms with Gasteiger partial charge in [-0.15, -0.1) is 11.3 Å². The Hall–Kier alpha value is -1.81. The van der Waals surface area contributed by atoms with Crippen molar-refractivity contribution < 1.29 is 9.53 Å². The second-order valence-electron chi connectivity index (χ2n) is 5.35. The van der Waals surface area contributed by atoms with E-state index in [9.17, 15) is 4.79 Å². The lowest BCUT2D eigenvalue weighted by Gasteiger charge is -2.16. The lowest BCUT2D eigenvalue weighted by atomic mass is 9.98. The number of ether oxygens (including phenoxy) is 1. The second kappa shape index (κ2) is 6.31. The fourth-order valence-corrected chi connectivity index (χ4v) is 3.50. The fraction of sp³-hybridized carbons (Fsp3) is 0.353. The standard InChI is InChI=1S/C17H19NO2S/c1-20-15-6-4-13(5-7-15)14-8-9-18(12-14)17(19)11-16-3-2-10-21-16/h2-7,10,14H,8-9,11-12H2,1H3. The van der Waals surface area contributed by atoms with Crippen molar-refractivity contribution in [2.24, 2.45) is 0 Å². The number of methoxy groups -OCH3 is 1. The van der Waals surface area contributed by atoms with E-state index in [1.165, 1.54) is 5.56 Å². The molecule has 2 heterocycles. The molecule has 1 aliphatic heterocycles. The van der Waals surface area contributed by atoms with Gasteiger partial charge >= 0.3 is 0 Å². The molecule has 1 aliphatic rings. The lowest BCUT2D eigenvalue weighted by molar-refractivity contribution is -0.129. The van der Waals surface area contributed by atoms with Crippen LogP contribution in [0.25, 0.3) is 0 Å². The van der Waals surface area contributed by atoms with E-state index in [2.05, 4.69) is 12.1 Å². The van der Waals surface area contributed by atoms with Gasteiger partial charge in [0.05, 0.1) is 13.5 Å². The second-order valence-corrected chi connectivity index (χ2v) is 6.39. The Morgan fingerprint density at radius 3 is 2.81 bits per heavy atom. The minimum atomic E-state index is 0.244. The quantitative estimate of drug-likeness (QED) is 0.867. The highest BCUT2D eigenvalue weighted by Crippen LogP contribution is 2.29. The van der Waals surface area contributed by atoms with E-state index in [1.807, 2.05) is 34.5 Å². The number of carbonyl (C=O) groups excluding carboxylic acids is 1. The summed E-state index contributed by atoms with van der Waals surface area (Å²) in [5.41, 5.74) is 1.29. The van der Waals surface area contributed by atoms with Gasteiger partial charge in [0.15, 0.2) is 0 Å². The van der Waals surface area contributed by atoms with E-state index >= 15 is 0 Å². The normalized spacial score (nSPS) is 18.0. The molecule has 2 aromatic rings. The third-order valence-corrected chi connectivity index (χ3v) is 4.91. The topological polar surface area (TPSA) is 29.5 Å². The molecule has 3 rings (SSSR count). The van der Waals surface area contributed by atoms with Gasteiger partial charge in [-0.3, -0.25) is 4.79 Å². The number of carbonyl (C=O) groups is 1. The molecule has 0 radical (unpaired) electrons. The molecule has 0 saturated carbocycles. The first-order valence-electron chi connectivity index (χ1n) is 7.20. The molecule has 21 heavy (non-hydrogen) atoms. The molecule has 1 atom stereocenters. The number of hydrogen-bond acceptors (Lipinski definition) is 3. The Balaban J connectivity index is 1.60. The summed E-state index contributed by atoms with van der Waals surface area (Å²) in [7, 11) is 1.68. The summed E-state index contributed by atoms with van der Waals surface area (Å²) in [6.07, 6.45) is 1.58. The number of nitrogens with zero attached hydrogens (tertiary/aromatic N) is 1. The number of likely N-dealkylation sites (tertiary alicyclic amines) is 1. The smallest absolute Gasteiger partial charge is 0.227 e. The minimum absolute atomic E-state index is 0.244. The third kappa shape index (κ3) is 3.27. The van der Waals surface area contributed by atoms with Crippen molar-refractivity contribution in [3.8, 4) is 5.75 Å². The molecule has 1 saturated heterocycles. The first kappa shape index (κ1) is 14.1. The zero-order valence-electron chi connectivity index (χ0n) is 12.1. The van der Waals surface area contributed by atoms with Crippen LogP contribution < -0.4 is 4.74 Å². The molecule has 4 heteroatoms.